The molecule has 2 amide bonds. The molecule has 0 aliphatic carbocycles. The van der Waals surface area contributed by atoms with E-state index in [1.807, 2.05) is 36.1 Å². The summed E-state index contributed by atoms with van der Waals surface area (Å²) >= 11 is 0. The second-order valence-corrected chi connectivity index (χ2v) is 6.78. The lowest BCUT2D eigenvalue weighted by Gasteiger charge is -2.32. The summed E-state index contributed by atoms with van der Waals surface area (Å²) in [7, 11) is 1.77. The van der Waals surface area contributed by atoms with Crippen molar-refractivity contribution in [2.75, 3.05) is 33.3 Å². The van der Waals surface area contributed by atoms with Crippen molar-refractivity contribution in [2.24, 2.45) is 11.7 Å². The van der Waals surface area contributed by atoms with Gasteiger partial charge in [-0.25, -0.2) is 0 Å². The molecule has 7 heteroatoms. The van der Waals surface area contributed by atoms with Gasteiger partial charge in [0.1, 0.15) is 6.61 Å². The average molecular weight is 347 g/mol. The standard InChI is InChI=1S/C18H25N3O4/c1-12(21-8-7-13(9-21)17(19)22)18(23)20(2)10-14-11-24-15-5-3-4-6-16(15)25-14/h3-6,12-14H,7-11H2,1-2H3,(H2,19,22)/t12-,13-,14-/m1/s1. The molecule has 25 heavy (non-hydrogen) atoms. The number of rotatable bonds is 5. The van der Waals surface area contributed by atoms with Crippen LogP contribution in [0.3, 0.4) is 0 Å². The van der Waals surface area contributed by atoms with Gasteiger partial charge >= 0.3 is 0 Å². The number of fused-ring (bicyclic) bond motifs is 1. The molecule has 0 unspecified atom stereocenters. The van der Waals surface area contributed by atoms with Crippen LogP contribution in [-0.4, -0.2) is 67.0 Å². The largest absolute Gasteiger partial charge is 0.486 e. The molecule has 7 nitrogen and oxygen atoms in total. The molecule has 1 aromatic carbocycles. The lowest BCUT2D eigenvalue weighted by molar-refractivity contribution is -0.136. The Balaban J connectivity index is 1.54. The SMILES string of the molecule is C[C@H](C(=O)N(C)C[C@@H]1COc2ccccc2O1)N1CC[C@@H](C(N)=O)C1. The van der Waals surface area contributed by atoms with E-state index < -0.39 is 0 Å². The smallest absolute Gasteiger partial charge is 0.239 e. The minimum atomic E-state index is -0.290. The highest BCUT2D eigenvalue weighted by atomic mass is 16.6. The first-order valence-electron chi connectivity index (χ1n) is 8.62. The third-order valence-corrected chi connectivity index (χ3v) is 4.95. The zero-order valence-electron chi connectivity index (χ0n) is 14.7. The first kappa shape index (κ1) is 17.5. The summed E-state index contributed by atoms with van der Waals surface area (Å²) in [5.74, 6) is 0.994. The molecule has 1 aromatic rings. The highest BCUT2D eigenvalue weighted by molar-refractivity contribution is 5.82. The molecule has 0 radical (unpaired) electrons. The molecule has 3 rings (SSSR count). The van der Waals surface area contributed by atoms with Crippen LogP contribution in [0.25, 0.3) is 0 Å². The Hall–Kier alpha value is -2.28. The van der Waals surface area contributed by atoms with Gasteiger partial charge in [0.2, 0.25) is 11.8 Å². The van der Waals surface area contributed by atoms with Gasteiger partial charge in [-0.3, -0.25) is 14.5 Å². The van der Waals surface area contributed by atoms with Crippen LogP contribution < -0.4 is 15.2 Å². The fraction of sp³-hybridized carbons (Fsp3) is 0.556. The molecule has 1 fully saturated rings. The number of carbonyl (C=O) groups is 2. The number of likely N-dealkylation sites (N-methyl/N-ethyl adjacent to an activating group) is 1. The number of benzene rings is 1. The molecule has 0 saturated carbocycles. The van der Waals surface area contributed by atoms with Crippen LogP contribution in [0.5, 0.6) is 11.5 Å². The molecule has 136 valence electrons. The third-order valence-electron chi connectivity index (χ3n) is 4.95. The quantitative estimate of drug-likeness (QED) is 0.837. The van der Waals surface area contributed by atoms with Crippen LogP contribution >= 0.6 is 0 Å². The molecular formula is C18H25N3O4. The topological polar surface area (TPSA) is 85.1 Å². The molecule has 1 saturated heterocycles. The summed E-state index contributed by atoms with van der Waals surface area (Å²) in [5, 5.41) is 0. The van der Waals surface area contributed by atoms with Crippen LogP contribution in [0, 0.1) is 5.92 Å². The van der Waals surface area contributed by atoms with E-state index in [-0.39, 0.29) is 29.9 Å². The lowest BCUT2D eigenvalue weighted by Crippen LogP contribution is -2.49. The lowest BCUT2D eigenvalue weighted by atomic mass is 10.1. The maximum Gasteiger partial charge on any atom is 0.239 e. The number of para-hydroxylation sites is 2. The Morgan fingerprint density at radius 1 is 1.36 bits per heavy atom. The highest BCUT2D eigenvalue weighted by Crippen LogP contribution is 2.31. The maximum absolute atomic E-state index is 12.7. The predicted octanol–water partition coefficient (Wildman–Crippen LogP) is 0.481. The Morgan fingerprint density at radius 3 is 2.76 bits per heavy atom. The molecule has 2 N–H and O–H groups in total. The van der Waals surface area contributed by atoms with Gasteiger partial charge in [0.25, 0.3) is 0 Å². The summed E-state index contributed by atoms with van der Waals surface area (Å²) < 4.78 is 11.6. The zero-order chi connectivity index (χ0) is 18.0. The van der Waals surface area contributed by atoms with Gasteiger partial charge in [0, 0.05) is 13.6 Å². The van der Waals surface area contributed by atoms with Gasteiger partial charge in [-0.2, -0.15) is 0 Å². The summed E-state index contributed by atoms with van der Waals surface area (Å²) in [6, 6.07) is 7.23. The molecule has 2 aliphatic heterocycles. The van der Waals surface area contributed by atoms with Crippen molar-refractivity contribution in [3.8, 4) is 11.5 Å². The molecule has 2 heterocycles. The number of nitrogens with two attached hydrogens (primary N) is 1. The molecule has 0 spiro atoms. The van der Waals surface area contributed by atoms with Crippen molar-refractivity contribution in [3.63, 3.8) is 0 Å². The number of nitrogens with zero attached hydrogens (tertiary/aromatic N) is 2. The molecule has 0 bridgehead atoms. The minimum Gasteiger partial charge on any atom is -0.486 e. The second kappa shape index (κ2) is 7.31. The Bertz CT molecular complexity index is 651. The summed E-state index contributed by atoms with van der Waals surface area (Å²) in [5.41, 5.74) is 5.37. The number of ether oxygens (including phenoxy) is 2. The van der Waals surface area contributed by atoms with E-state index in [9.17, 15) is 9.59 Å². The predicted molar refractivity (Wildman–Crippen MR) is 92.3 cm³/mol. The van der Waals surface area contributed by atoms with Gasteiger partial charge in [-0.15, -0.1) is 0 Å². The number of primary amides is 1. The fourth-order valence-corrected chi connectivity index (χ4v) is 3.39. The van der Waals surface area contributed by atoms with E-state index in [4.69, 9.17) is 15.2 Å². The van der Waals surface area contributed by atoms with Gasteiger partial charge in [0.15, 0.2) is 17.6 Å². The first-order chi connectivity index (χ1) is 12.0. The molecular weight excluding hydrogens is 322 g/mol. The summed E-state index contributed by atoms with van der Waals surface area (Å²) in [6.45, 7) is 3.99. The molecule has 0 aromatic heterocycles. The van der Waals surface area contributed by atoms with E-state index in [0.717, 1.165) is 5.75 Å². The summed E-state index contributed by atoms with van der Waals surface area (Å²) in [4.78, 5) is 27.7. The van der Waals surface area contributed by atoms with Crippen molar-refractivity contribution in [2.45, 2.75) is 25.5 Å². The first-order valence-corrected chi connectivity index (χ1v) is 8.62. The van der Waals surface area contributed by atoms with Crippen LogP contribution in [0.2, 0.25) is 0 Å². The average Bonchev–Trinajstić information content (AvgIpc) is 3.10. The molecule has 3 atom stereocenters. The van der Waals surface area contributed by atoms with Crippen LogP contribution in [0.15, 0.2) is 24.3 Å². The van der Waals surface area contributed by atoms with E-state index >= 15 is 0 Å². The van der Waals surface area contributed by atoms with Crippen LogP contribution in [0.4, 0.5) is 0 Å². The number of hydrogen-bond acceptors (Lipinski definition) is 5. The van der Waals surface area contributed by atoms with Gasteiger partial charge in [-0.05, 0) is 32.0 Å². The number of likely N-dealkylation sites (tertiary alicyclic amines) is 1. The van der Waals surface area contributed by atoms with Crippen molar-refractivity contribution in [1.29, 1.82) is 0 Å². The van der Waals surface area contributed by atoms with Gasteiger partial charge in [0.05, 0.1) is 18.5 Å². The third kappa shape index (κ3) is 3.87. The van der Waals surface area contributed by atoms with Gasteiger partial charge in [-0.1, -0.05) is 12.1 Å². The monoisotopic (exact) mass is 347 g/mol. The Kier molecular flexibility index (Phi) is 5.13. The van der Waals surface area contributed by atoms with Crippen molar-refractivity contribution < 1.29 is 19.1 Å². The van der Waals surface area contributed by atoms with Crippen molar-refractivity contribution >= 4 is 11.8 Å². The van der Waals surface area contributed by atoms with Crippen LogP contribution in [0.1, 0.15) is 13.3 Å². The van der Waals surface area contributed by atoms with E-state index in [0.29, 0.717) is 38.4 Å². The Labute approximate surface area is 147 Å². The number of amides is 2. The van der Waals surface area contributed by atoms with E-state index in [1.165, 1.54) is 0 Å². The normalized spacial score (nSPS) is 23.9. The molecule has 2 aliphatic rings. The highest BCUT2D eigenvalue weighted by Gasteiger charge is 2.34. The zero-order valence-corrected chi connectivity index (χ0v) is 14.7. The van der Waals surface area contributed by atoms with Gasteiger partial charge < -0.3 is 20.1 Å². The van der Waals surface area contributed by atoms with Crippen molar-refractivity contribution in [1.82, 2.24) is 9.80 Å². The second-order valence-electron chi connectivity index (χ2n) is 6.78. The number of hydrogen-bond donors (Lipinski definition) is 1. The summed E-state index contributed by atoms with van der Waals surface area (Å²) in [6.07, 6.45) is 0.514. The fourth-order valence-electron chi connectivity index (χ4n) is 3.39. The minimum absolute atomic E-state index is 0.00702. The Morgan fingerprint density at radius 2 is 2.08 bits per heavy atom. The maximum atomic E-state index is 12.7. The van der Waals surface area contributed by atoms with E-state index in [2.05, 4.69) is 0 Å². The number of carbonyl (C=O) groups excluding carboxylic acids is 2. The van der Waals surface area contributed by atoms with Crippen LogP contribution in [-0.2, 0) is 9.59 Å². The van der Waals surface area contributed by atoms with Crippen molar-refractivity contribution in [3.05, 3.63) is 24.3 Å². The van der Waals surface area contributed by atoms with E-state index in [1.54, 1.807) is 11.9 Å².